The van der Waals surface area contributed by atoms with E-state index in [9.17, 15) is 9.59 Å². The Labute approximate surface area is 196 Å². The number of hydrogen-bond donors (Lipinski definition) is 1. The molecule has 2 aromatic carbocycles. The maximum Gasteiger partial charge on any atom is 0.414 e. The Morgan fingerprint density at radius 2 is 1.91 bits per heavy atom. The molecule has 1 unspecified atom stereocenters. The first kappa shape index (κ1) is 23.8. The van der Waals surface area contributed by atoms with Crippen molar-refractivity contribution in [2.24, 2.45) is 0 Å². The second-order valence-electron chi connectivity index (χ2n) is 7.39. The van der Waals surface area contributed by atoms with E-state index >= 15 is 0 Å². The van der Waals surface area contributed by atoms with Crippen molar-refractivity contribution in [1.29, 1.82) is 0 Å². The summed E-state index contributed by atoms with van der Waals surface area (Å²) in [6.07, 6.45) is -0.461. The molecule has 1 atom stereocenters. The number of nitrogens with zero attached hydrogens (tertiary/aromatic N) is 1. The second-order valence-corrected chi connectivity index (χ2v) is 8.24. The molecule has 0 aliphatic carbocycles. The minimum absolute atomic E-state index is 0.159. The largest absolute Gasteiger partial charge is 0.496 e. The number of halogens is 1. The third-order valence-electron chi connectivity index (χ3n) is 5.35. The molecule has 1 aliphatic heterocycles. The molecule has 0 fully saturated rings. The molecule has 0 radical (unpaired) electrons. The fourth-order valence-corrected chi connectivity index (χ4v) is 4.33. The number of fused-ring (bicyclic) bond motifs is 1. The molecule has 1 N–H and O–H groups in total. The van der Waals surface area contributed by atoms with Crippen molar-refractivity contribution < 1.29 is 23.8 Å². The molecule has 170 valence electrons. The zero-order chi connectivity index (χ0) is 23.3. The van der Waals surface area contributed by atoms with Crippen molar-refractivity contribution in [3.05, 3.63) is 63.6 Å². The summed E-state index contributed by atoms with van der Waals surface area (Å²) >= 11 is 3.53. The van der Waals surface area contributed by atoms with Gasteiger partial charge < -0.3 is 19.5 Å². The number of carbonyl (C=O) groups is 2. The molecule has 3 rings (SSSR count). The first-order chi connectivity index (χ1) is 15.4. The van der Waals surface area contributed by atoms with Crippen molar-refractivity contribution in [3.8, 4) is 5.75 Å². The van der Waals surface area contributed by atoms with Gasteiger partial charge in [0.05, 0.1) is 36.5 Å². The Hall–Kier alpha value is -2.84. The van der Waals surface area contributed by atoms with Crippen LogP contribution in [0.25, 0.3) is 5.57 Å². The summed E-state index contributed by atoms with van der Waals surface area (Å²) in [7, 11) is 3.15. The number of benzene rings is 2. The maximum absolute atomic E-state index is 12.9. The van der Waals surface area contributed by atoms with Crippen LogP contribution >= 0.6 is 15.9 Å². The minimum atomic E-state index is -0.461. The van der Waals surface area contributed by atoms with Crippen molar-refractivity contribution in [1.82, 2.24) is 5.32 Å². The quantitative estimate of drug-likeness (QED) is 0.554. The minimum Gasteiger partial charge on any atom is -0.496 e. The van der Waals surface area contributed by atoms with E-state index in [1.165, 1.54) is 6.92 Å². The summed E-state index contributed by atoms with van der Waals surface area (Å²) in [6, 6.07) is 12.9. The highest BCUT2D eigenvalue weighted by molar-refractivity contribution is 9.10. The molecule has 1 heterocycles. The highest BCUT2D eigenvalue weighted by Gasteiger charge is 2.32. The van der Waals surface area contributed by atoms with Crippen molar-refractivity contribution in [3.63, 3.8) is 0 Å². The fraction of sp³-hybridized carbons (Fsp3) is 0.333. The number of methoxy groups -OCH3 is 2. The number of para-hydroxylation sites is 1. The van der Waals surface area contributed by atoms with Crippen LogP contribution in [0.5, 0.6) is 5.75 Å². The van der Waals surface area contributed by atoms with Crippen molar-refractivity contribution in [2.75, 3.05) is 38.9 Å². The van der Waals surface area contributed by atoms with Gasteiger partial charge in [-0.25, -0.2) is 4.79 Å². The third kappa shape index (κ3) is 5.14. The summed E-state index contributed by atoms with van der Waals surface area (Å²) in [6.45, 7) is 4.25. The smallest absolute Gasteiger partial charge is 0.414 e. The summed E-state index contributed by atoms with van der Waals surface area (Å²) in [5.74, 6) is 0.522. The molecule has 32 heavy (non-hydrogen) atoms. The molecule has 0 bridgehead atoms. The first-order valence-corrected chi connectivity index (χ1v) is 11.0. The Kier molecular flexibility index (Phi) is 7.93. The summed E-state index contributed by atoms with van der Waals surface area (Å²) in [5.41, 5.74) is 4.47. The molecule has 7 nitrogen and oxygen atoms in total. The number of ether oxygens (including phenoxy) is 3. The van der Waals surface area contributed by atoms with Gasteiger partial charge in [0, 0.05) is 19.6 Å². The van der Waals surface area contributed by atoms with Gasteiger partial charge in [0.25, 0.3) is 0 Å². The average molecular weight is 503 g/mol. The zero-order valence-electron chi connectivity index (χ0n) is 18.6. The van der Waals surface area contributed by atoms with E-state index in [1.807, 2.05) is 49.4 Å². The second kappa shape index (κ2) is 10.7. The molecule has 2 aromatic rings. The zero-order valence-corrected chi connectivity index (χ0v) is 20.2. The molecule has 0 saturated heterocycles. The Morgan fingerprint density at radius 1 is 1.16 bits per heavy atom. The Balaban J connectivity index is 2.06. The van der Waals surface area contributed by atoms with E-state index in [-0.39, 0.29) is 19.1 Å². The highest BCUT2D eigenvalue weighted by Crippen LogP contribution is 2.40. The van der Waals surface area contributed by atoms with Gasteiger partial charge in [-0.15, -0.1) is 0 Å². The summed E-state index contributed by atoms with van der Waals surface area (Å²) in [5, 5.41) is 3.05. The van der Waals surface area contributed by atoms with Gasteiger partial charge in [0.1, 0.15) is 12.4 Å². The van der Waals surface area contributed by atoms with Crippen LogP contribution in [-0.2, 0) is 14.3 Å². The number of hydrogen-bond acceptors (Lipinski definition) is 5. The van der Waals surface area contributed by atoms with Gasteiger partial charge in [-0.05, 0) is 57.8 Å². The van der Waals surface area contributed by atoms with Crippen LogP contribution < -0.4 is 15.0 Å². The Morgan fingerprint density at radius 3 is 2.56 bits per heavy atom. The molecule has 0 aromatic heterocycles. The number of anilines is 1. The van der Waals surface area contributed by atoms with Gasteiger partial charge in [-0.2, -0.15) is 0 Å². The fourth-order valence-electron chi connectivity index (χ4n) is 3.77. The lowest BCUT2D eigenvalue weighted by Crippen LogP contribution is -2.40. The maximum atomic E-state index is 12.9. The molecule has 0 saturated carbocycles. The van der Waals surface area contributed by atoms with Gasteiger partial charge in [-0.1, -0.05) is 24.3 Å². The van der Waals surface area contributed by atoms with E-state index in [0.29, 0.717) is 12.4 Å². The number of amides is 2. The topological polar surface area (TPSA) is 77.1 Å². The van der Waals surface area contributed by atoms with E-state index in [4.69, 9.17) is 14.2 Å². The monoisotopic (exact) mass is 502 g/mol. The number of nitrogens with one attached hydrogen (secondary N) is 1. The summed E-state index contributed by atoms with van der Waals surface area (Å²) in [4.78, 5) is 26.6. The predicted molar refractivity (Wildman–Crippen MR) is 127 cm³/mol. The molecular formula is C24H27BrN2O5. The Bertz CT molecular complexity index is 1040. The van der Waals surface area contributed by atoms with Gasteiger partial charge in [0.15, 0.2) is 0 Å². The predicted octanol–water partition coefficient (Wildman–Crippen LogP) is 4.71. The SMILES string of the molecule is COCCOC(=O)N1CC(C(NC(C)=O)c2ccc(OC)c(Br)c2)=C(C)c2ccccc21. The van der Waals surface area contributed by atoms with Crippen molar-refractivity contribution >= 4 is 39.2 Å². The lowest BCUT2D eigenvalue weighted by molar-refractivity contribution is -0.119. The van der Waals surface area contributed by atoms with E-state index in [2.05, 4.69) is 21.2 Å². The van der Waals surface area contributed by atoms with Gasteiger partial charge >= 0.3 is 6.09 Å². The lowest BCUT2D eigenvalue weighted by Gasteiger charge is -2.35. The van der Waals surface area contributed by atoms with Crippen LogP contribution in [0.1, 0.15) is 31.0 Å². The van der Waals surface area contributed by atoms with Crippen molar-refractivity contribution in [2.45, 2.75) is 19.9 Å². The molecule has 8 heteroatoms. The standard InChI is InChI=1S/C24H27BrN2O5/c1-15-18-7-5-6-8-21(18)27(24(29)32-12-11-30-3)14-19(15)23(26-16(2)28)17-9-10-22(31-4)20(25)13-17/h5-10,13,23H,11-12,14H2,1-4H3,(H,26,28). The van der Waals surface area contributed by atoms with Crippen LogP contribution in [0.4, 0.5) is 10.5 Å². The average Bonchev–Trinajstić information content (AvgIpc) is 2.78. The lowest BCUT2D eigenvalue weighted by atomic mass is 9.87. The normalized spacial score (nSPS) is 14.0. The number of rotatable bonds is 7. The van der Waals surface area contributed by atoms with Crippen LogP contribution in [0.3, 0.4) is 0 Å². The van der Waals surface area contributed by atoms with E-state index in [1.54, 1.807) is 19.1 Å². The highest BCUT2D eigenvalue weighted by atomic mass is 79.9. The first-order valence-electron chi connectivity index (χ1n) is 10.2. The van der Waals surface area contributed by atoms with E-state index < -0.39 is 12.1 Å². The summed E-state index contributed by atoms with van der Waals surface area (Å²) < 4.78 is 16.5. The van der Waals surface area contributed by atoms with Gasteiger partial charge in [0.2, 0.25) is 5.91 Å². The molecule has 0 spiro atoms. The van der Waals surface area contributed by atoms with E-state index in [0.717, 1.165) is 32.4 Å². The van der Waals surface area contributed by atoms with Gasteiger partial charge in [-0.3, -0.25) is 9.69 Å². The van der Waals surface area contributed by atoms with Crippen LogP contribution in [0.2, 0.25) is 0 Å². The molecule has 2 amide bonds. The molecular weight excluding hydrogens is 476 g/mol. The third-order valence-corrected chi connectivity index (χ3v) is 5.97. The van der Waals surface area contributed by atoms with Crippen LogP contribution in [-0.4, -0.2) is 46.0 Å². The van der Waals surface area contributed by atoms with Crippen LogP contribution in [0.15, 0.2) is 52.5 Å². The number of allylic oxidation sites excluding steroid dienone is 1. The number of carbonyl (C=O) groups excluding carboxylic acids is 2. The van der Waals surface area contributed by atoms with Crippen LogP contribution in [0, 0.1) is 0 Å². The molecule has 1 aliphatic rings.